The minimum absolute atomic E-state index is 0.0561. The first-order chi connectivity index (χ1) is 14.5. The number of amides is 1. The van der Waals surface area contributed by atoms with Gasteiger partial charge < -0.3 is 18.6 Å². The summed E-state index contributed by atoms with van der Waals surface area (Å²) in [7, 11) is 0. The van der Waals surface area contributed by atoms with Crippen LogP contribution >= 0.6 is 0 Å². The number of aromatic nitrogens is 2. The number of ether oxygens (including phenoxy) is 1. The van der Waals surface area contributed by atoms with Gasteiger partial charge in [0.1, 0.15) is 24.0 Å². The van der Waals surface area contributed by atoms with E-state index in [1.54, 1.807) is 0 Å². The van der Waals surface area contributed by atoms with E-state index in [1.165, 1.54) is 11.1 Å². The molecule has 0 N–H and O–H groups in total. The lowest BCUT2D eigenvalue weighted by molar-refractivity contribution is -0.0275. The van der Waals surface area contributed by atoms with Crippen LogP contribution in [-0.4, -0.2) is 40.1 Å². The highest BCUT2D eigenvalue weighted by molar-refractivity contribution is 5.95. The Labute approximate surface area is 176 Å². The van der Waals surface area contributed by atoms with Gasteiger partial charge in [0, 0.05) is 13.1 Å². The van der Waals surface area contributed by atoms with Crippen molar-refractivity contribution >= 4 is 5.91 Å². The maximum atomic E-state index is 13.0. The van der Waals surface area contributed by atoms with Crippen LogP contribution in [0.1, 0.15) is 46.1 Å². The lowest BCUT2D eigenvalue weighted by Gasteiger charge is -2.46. The minimum atomic E-state index is -0.164. The minimum Gasteiger partial charge on any atom is -0.466 e. The monoisotopic (exact) mass is 405 g/mol. The molecule has 6 nitrogen and oxygen atoms in total. The fourth-order valence-corrected chi connectivity index (χ4v) is 4.85. The quantitative estimate of drug-likeness (QED) is 0.640. The fourth-order valence-electron chi connectivity index (χ4n) is 4.85. The van der Waals surface area contributed by atoms with Crippen LogP contribution in [0, 0.1) is 20.8 Å². The molecule has 0 saturated carbocycles. The number of carbonyl (C=O) groups is 1. The SMILES string of the molecule is Cc1ccc(-c2cnc3n2C2(CCN(C(=O)c4cc(C)oc4C)CC2)COC3)cc1. The molecule has 156 valence electrons. The van der Waals surface area contributed by atoms with Crippen molar-refractivity contribution in [2.75, 3.05) is 19.7 Å². The van der Waals surface area contributed by atoms with Crippen molar-refractivity contribution in [2.24, 2.45) is 0 Å². The van der Waals surface area contributed by atoms with Gasteiger partial charge in [0.15, 0.2) is 0 Å². The van der Waals surface area contributed by atoms with Crippen LogP contribution in [0.5, 0.6) is 0 Å². The van der Waals surface area contributed by atoms with Crippen LogP contribution in [0.4, 0.5) is 0 Å². The number of likely N-dealkylation sites (tertiary alicyclic amines) is 1. The number of carbonyl (C=O) groups excluding carboxylic acids is 1. The van der Waals surface area contributed by atoms with Crippen molar-refractivity contribution in [2.45, 2.75) is 45.8 Å². The van der Waals surface area contributed by atoms with Gasteiger partial charge in [-0.1, -0.05) is 29.8 Å². The summed E-state index contributed by atoms with van der Waals surface area (Å²) in [5.74, 6) is 2.49. The van der Waals surface area contributed by atoms with Crippen molar-refractivity contribution in [3.8, 4) is 11.3 Å². The Kier molecular flexibility index (Phi) is 4.54. The van der Waals surface area contributed by atoms with Gasteiger partial charge in [0.2, 0.25) is 0 Å². The summed E-state index contributed by atoms with van der Waals surface area (Å²) >= 11 is 0. The third kappa shape index (κ3) is 3.06. The zero-order chi connectivity index (χ0) is 20.9. The molecular formula is C24H27N3O3. The molecule has 1 spiro atoms. The lowest BCUT2D eigenvalue weighted by atomic mass is 9.86. The number of rotatable bonds is 2. The Bertz CT molecular complexity index is 1090. The predicted octanol–water partition coefficient (Wildman–Crippen LogP) is 4.23. The van der Waals surface area contributed by atoms with Crippen molar-refractivity contribution in [3.63, 3.8) is 0 Å². The largest absolute Gasteiger partial charge is 0.466 e. The molecule has 6 heteroatoms. The number of nitrogens with zero attached hydrogens (tertiary/aromatic N) is 3. The number of benzene rings is 1. The van der Waals surface area contributed by atoms with Gasteiger partial charge in [-0.15, -0.1) is 0 Å². The summed E-state index contributed by atoms with van der Waals surface area (Å²) in [6.07, 6.45) is 3.65. The zero-order valence-electron chi connectivity index (χ0n) is 17.8. The molecule has 0 bridgehead atoms. The van der Waals surface area contributed by atoms with E-state index in [9.17, 15) is 4.79 Å². The van der Waals surface area contributed by atoms with E-state index in [0.717, 1.165) is 30.1 Å². The normalized spacial score (nSPS) is 17.9. The second kappa shape index (κ2) is 7.13. The molecule has 4 heterocycles. The molecule has 0 aliphatic carbocycles. The van der Waals surface area contributed by atoms with E-state index < -0.39 is 0 Å². The first-order valence-corrected chi connectivity index (χ1v) is 10.6. The second-order valence-electron chi connectivity index (χ2n) is 8.60. The molecule has 0 radical (unpaired) electrons. The Morgan fingerprint density at radius 2 is 1.83 bits per heavy atom. The Balaban J connectivity index is 1.43. The summed E-state index contributed by atoms with van der Waals surface area (Å²) in [4.78, 5) is 19.6. The number of hydrogen-bond donors (Lipinski definition) is 0. The molecule has 1 saturated heterocycles. The third-order valence-electron chi connectivity index (χ3n) is 6.51. The van der Waals surface area contributed by atoms with E-state index >= 15 is 0 Å². The van der Waals surface area contributed by atoms with Crippen LogP contribution in [0.15, 0.2) is 40.9 Å². The first kappa shape index (κ1) is 19.1. The summed E-state index contributed by atoms with van der Waals surface area (Å²) in [5, 5.41) is 0. The average Bonchev–Trinajstić information content (AvgIpc) is 3.32. The van der Waals surface area contributed by atoms with Crippen molar-refractivity contribution in [3.05, 3.63) is 65.0 Å². The molecular weight excluding hydrogens is 378 g/mol. The van der Waals surface area contributed by atoms with Crippen LogP contribution in [0.2, 0.25) is 0 Å². The Morgan fingerprint density at radius 1 is 1.10 bits per heavy atom. The summed E-state index contributed by atoms with van der Waals surface area (Å²) in [5.41, 5.74) is 4.06. The number of piperidine rings is 1. The zero-order valence-corrected chi connectivity index (χ0v) is 17.8. The summed E-state index contributed by atoms with van der Waals surface area (Å²) in [6, 6.07) is 10.4. The topological polar surface area (TPSA) is 60.5 Å². The summed E-state index contributed by atoms with van der Waals surface area (Å²) < 4.78 is 13.9. The molecule has 1 aromatic carbocycles. The van der Waals surface area contributed by atoms with Crippen LogP contribution in [0.25, 0.3) is 11.3 Å². The van der Waals surface area contributed by atoms with E-state index in [-0.39, 0.29) is 11.4 Å². The van der Waals surface area contributed by atoms with Crippen LogP contribution in [0.3, 0.4) is 0 Å². The number of fused-ring (bicyclic) bond motifs is 2. The smallest absolute Gasteiger partial charge is 0.257 e. The highest BCUT2D eigenvalue weighted by atomic mass is 16.5. The Hall–Kier alpha value is -2.86. The van der Waals surface area contributed by atoms with Crippen molar-refractivity contribution < 1.29 is 13.9 Å². The van der Waals surface area contributed by atoms with Gasteiger partial charge in [0.05, 0.1) is 29.6 Å². The molecule has 5 rings (SSSR count). The average molecular weight is 405 g/mol. The molecule has 2 aliphatic heterocycles. The molecule has 3 aromatic rings. The number of aryl methyl sites for hydroxylation is 3. The predicted molar refractivity (Wildman–Crippen MR) is 113 cm³/mol. The standard InChI is InChI=1S/C24H27N3O3/c1-16-4-6-19(7-5-16)21-13-25-22-14-29-15-24(27(21)22)8-10-26(11-9-24)23(28)20-12-17(2)30-18(20)3/h4-7,12-13H,8-11,14-15H2,1-3H3. The van der Waals surface area contributed by atoms with E-state index in [1.807, 2.05) is 31.0 Å². The molecule has 2 aromatic heterocycles. The van der Waals surface area contributed by atoms with Crippen molar-refractivity contribution in [1.29, 1.82) is 0 Å². The molecule has 1 amide bonds. The molecule has 0 unspecified atom stereocenters. The highest BCUT2D eigenvalue weighted by Crippen LogP contribution is 2.39. The van der Waals surface area contributed by atoms with E-state index in [2.05, 4.69) is 40.7 Å². The third-order valence-corrected chi connectivity index (χ3v) is 6.51. The van der Waals surface area contributed by atoms with Crippen molar-refractivity contribution in [1.82, 2.24) is 14.5 Å². The fraction of sp³-hybridized carbons (Fsp3) is 0.417. The number of hydrogen-bond acceptors (Lipinski definition) is 4. The number of furan rings is 1. The first-order valence-electron chi connectivity index (χ1n) is 10.6. The molecule has 0 atom stereocenters. The van der Waals surface area contributed by atoms with Crippen LogP contribution in [-0.2, 0) is 16.9 Å². The molecule has 30 heavy (non-hydrogen) atoms. The highest BCUT2D eigenvalue weighted by Gasteiger charge is 2.43. The van der Waals surface area contributed by atoms with Gasteiger partial charge >= 0.3 is 0 Å². The van der Waals surface area contributed by atoms with Gasteiger partial charge in [-0.3, -0.25) is 4.79 Å². The second-order valence-corrected chi connectivity index (χ2v) is 8.60. The van der Waals surface area contributed by atoms with Crippen LogP contribution < -0.4 is 0 Å². The van der Waals surface area contributed by atoms with E-state index in [0.29, 0.717) is 37.6 Å². The molecule has 2 aliphatic rings. The van der Waals surface area contributed by atoms with E-state index in [4.69, 9.17) is 9.15 Å². The van der Waals surface area contributed by atoms with Gasteiger partial charge in [-0.25, -0.2) is 4.98 Å². The molecule has 1 fully saturated rings. The Morgan fingerprint density at radius 3 is 2.50 bits per heavy atom. The lowest BCUT2D eigenvalue weighted by Crippen LogP contribution is -2.52. The maximum Gasteiger partial charge on any atom is 0.257 e. The summed E-state index contributed by atoms with van der Waals surface area (Å²) in [6.45, 7) is 8.40. The maximum absolute atomic E-state index is 13.0. The van der Waals surface area contributed by atoms with Gasteiger partial charge in [-0.2, -0.15) is 0 Å². The number of imidazole rings is 1. The van der Waals surface area contributed by atoms with Gasteiger partial charge in [0.25, 0.3) is 5.91 Å². The van der Waals surface area contributed by atoms with Gasteiger partial charge in [-0.05, 0) is 45.2 Å².